The normalized spacial score (nSPS) is 10.6. The van der Waals surface area contributed by atoms with E-state index in [1.807, 2.05) is 36.4 Å². The standard InChI is InChI=1S/C15H12N2S2/c1-10-7-12(9-19-10)13-8-14(18)17-15(16-13)11-5-3-2-4-6-11/h2-9H,1H3,(H,16,17,18). The fourth-order valence-corrected chi connectivity index (χ4v) is 2.84. The summed E-state index contributed by atoms with van der Waals surface area (Å²) in [6, 6.07) is 14.1. The second-order valence-electron chi connectivity index (χ2n) is 4.29. The third-order valence-electron chi connectivity index (χ3n) is 2.83. The Labute approximate surface area is 120 Å². The monoisotopic (exact) mass is 284 g/mol. The van der Waals surface area contributed by atoms with Gasteiger partial charge in [0.2, 0.25) is 0 Å². The van der Waals surface area contributed by atoms with Crippen molar-refractivity contribution >= 4 is 23.6 Å². The van der Waals surface area contributed by atoms with Gasteiger partial charge in [-0.1, -0.05) is 42.5 Å². The number of hydrogen-bond acceptors (Lipinski definition) is 3. The second kappa shape index (κ2) is 5.07. The van der Waals surface area contributed by atoms with E-state index in [0.717, 1.165) is 22.6 Å². The molecule has 3 aromatic rings. The van der Waals surface area contributed by atoms with E-state index < -0.39 is 0 Å². The van der Waals surface area contributed by atoms with Crippen LogP contribution in [0.15, 0.2) is 47.8 Å². The van der Waals surface area contributed by atoms with Crippen LogP contribution in [0.25, 0.3) is 22.6 Å². The molecule has 3 rings (SSSR count). The molecule has 4 heteroatoms. The highest BCUT2D eigenvalue weighted by Crippen LogP contribution is 2.25. The molecule has 0 aliphatic carbocycles. The van der Waals surface area contributed by atoms with E-state index in [0.29, 0.717) is 4.64 Å². The Hall–Kier alpha value is -1.78. The molecular formula is C15H12N2S2. The molecule has 0 atom stereocenters. The largest absolute Gasteiger partial charge is 0.339 e. The Morgan fingerprint density at radius 3 is 2.58 bits per heavy atom. The number of aromatic nitrogens is 2. The molecule has 0 saturated carbocycles. The van der Waals surface area contributed by atoms with Gasteiger partial charge in [-0.2, -0.15) is 0 Å². The van der Waals surface area contributed by atoms with Crippen molar-refractivity contribution in [3.05, 3.63) is 57.4 Å². The Kier molecular flexibility index (Phi) is 3.27. The Balaban J connectivity index is 2.14. The number of aromatic amines is 1. The van der Waals surface area contributed by atoms with Gasteiger partial charge in [0.05, 0.1) is 5.69 Å². The van der Waals surface area contributed by atoms with Crippen molar-refractivity contribution in [2.45, 2.75) is 6.92 Å². The van der Waals surface area contributed by atoms with Crippen LogP contribution in [0.5, 0.6) is 0 Å². The number of hydrogen-bond donors (Lipinski definition) is 1. The first-order valence-corrected chi connectivity index (χ1v) is 7.23. The van der Waals surface area contributed by atoms with E-state index in [2.05, 4.69) is 28.3 Å². The number of rotatable bonds is 2. The van der Waals surface area contributed by atoms with Gasteiger partial charge in [-0.15, -0.1) is 11.3 Å². The minimum Gasteiger partial charge on any atom is -0.339 e. The maximum atomic E-state index is 5.27. The number of thiophene rings is 1. The third-order valence-corrected chi connectivity index (χ3v) is 3.90. The maximum absolute atomic E-state index is 5.27. The van der Waals surface area contributed by atoms with Crippen molar-refractivity contribution in [1.29, 1.82) is 0 Å². The van der Waals surface area contributed by atoms with Crippen LogP contribution in [0.1, 0.15) is 4.88 Å². The second-order valence-corrected chi connectivity index (χ2v) is 5.83. The maximum Gasteiger partial charge on any atom is 0.139 e. The number of nitrogens with one attached hydrogen (secondary N) is 1. The first-order valence-electron chi connectivity index (χ1n) is 5.95. The molecule has 19 heavy (non-hydrogen) atoms. The quantitative estimate of drug-likeness (QED) is 0.682. The van der Waals surface area contributed by atoms with Gasteiger partial charge in [0.25, 0.3) is 0 Å². The molecule has 0 radical (unpaired) electrons. The average molecular weight is 284 g/mol. The summed E-state index contributed by atoms with van der Waals surface area (Å²) >= 11 is 7.00. The van der Waals surface area contributed by atoms with Gasteiger partial charge in [0, 0.05) is 21.4 Å². The van der Waals surface area contributed by atoms with E-state index in [9.17, 15) is 0 Å². The lowest BCUT2D eigenvalue weighted by Crippen LogP contribution is -1.91. The molecule has 0 unspecified atom stereocenters. The Morgan fingerprint density at radius 2 is 1.89 bits per heavy atom. The van der Waals surface area contributed by atoms with E-state index in [4.69, 9.17) is 12.2 Å². The smallest absolute Gasteiger partial charge is 0.139 e. The molecule has 1 aromatic carbocycles. The number of nitrogens with zero attached hydrogens (tertiary/aromatic N) is 1. The van der Waals surface area contributed by atoms with Crippen molar-refractivity contribution in [2.24, 2.45) is 0 Å². The lowest BCUT2D eigenvalue weighted by Gasteiger charge is -2.04. The van der Waals surface area contributed by atoms with Gasteiger partial charge in [0.15, 0.2) is 0 Å². The SMILES string of the molecule is Cc1cc(-c2cc(=S)nc(-c3ccccc3)[nH]2)cs1. The first kappa shape index (κ1) is 12.3. The highest BCUT2D eigenvalue weighted by Gasteiger charge is 2.05. The fraction of sp³-hybridized carbons (Fsp3) is 0.0667. The van der Waals surface area contributed by atoms with Crippen molar-refractivity contribution in [3.8, 4) is 22.6 Å². The molecule has 0 aliphatic rings. The summed E-state index contributed by atoms with van der Waals surface area (Å²) < 4.78 is 0.608. The highest BCUT2D eigenvalue weighted by molar-refractivity contribution is 7.71. The fourth-order valence-electron chi connectivity index (χ4n) is 1.93. The summed E-state index contributed by atoms with van der Waals surface area (Å²) in [4.78, 5) is 9.04. The van der Waals surface area contributed by atoms with E-state index in [1.54, 1.807) is 11.3 Å². The van der Waals surface area contributed by atoms with Crippen LogP contribution in [-0.4, -0.2) is 9.97 Å². The van der Waals surface area contributed by atoms with Gasteiger partial charge >= 0.3 is 0 Å². The average Bonchev–Trinajstić information content (AvgIpc) is 2.86. The molecule has 0 saturated heterocycles. The van der Waals surface area contributed by atoms with Crippen molar-refractivity contribution in [1.82, 2.24) is 9.97 Å². The molecule has 0 bridgehead atoms. The van der Waals surface area contributed by atoms with Crippen molar-refractivity contribution in [3.63, 3.8) is 0 Å². The zero-order valence-electron chi connectivity index (χ0n) is 10.4. The van der Waals surface area contributed by atoms with Crippen LogP contribution < -0.4 is 0 Å². The lowest BCUT2D eigenvalue weighted by atomic mass is 10.2. The van der Waals surface area contributed by atoms with Crippen LogP contribution >= 0.6 is 23.6 Å². The predicted octanol–water partition coefficient (Wildman–Crippen LogP) is 4.84. The number of H-pyrrole nitrogens is 1. The van der Waals surface area contributed by atoms with Gasteiger partial charge in [0.1, 0.15) is 10.5 Å². The summed E-state index contributed by atoms with van der Waals surface area (Å²) in [5.41, 5.74) is 3.22. The van der Waals surface area contributed by atoms with Crippen LogP contribution in [0.3, 0.4) is 0 Å². The predicted molar refractivity (Wildman–Crippen MR) is 82.9 cm³/mol. The third kappa shape index (κ3) is 2.64. The number of benzene rings is 1. The zero-order chi connectivity index (χ0) is 13.2. The zero-order valence-corrected chi connectivity index (χ0v) is 12.0. The Bertz CT molecular complexity index is 757. The van der Waals surface area contributed by atoms with Gasteiger partial charge in [-0.3, -0.25) is 0 Å². The molecule has 0 fully saturated rings. The molecule has 0 spiro atoms. The van der Waals surface area contributed by atoms with Crippen LogP contribution in [0.4, 0.5) is 0 Å². The molecule has 1 N–H and O–H groups in total. The summed E-state index contributed by atoms with van der Waals surface area (Å²) in [7, 11) is 0. The minimum absolute atomic E-state index is 0.608. The van der Waals surface area contributed by atoms with E-state index in [1.165, 1.54) is 4.88 Å². The minimum atomic E-state index is 0.608. The first-order chi connectivity index (χ1) is 9.22. The number of aryl methyl sites for hydroxylation is 1. The van der Waals surface area contributed by atoms with Gasteiger partial charge in [-0.05, 0) is 19.1 Å². The Morgan fingerprint density at radius 1 is 1.11 bits per heavy atom. The van der Waals surface area contributed by atoms with Crippen LogP contribution in [-0.2, 0) is 0 Å². The van der Waals surface area contributed by atoms with Crippen molar-refractivity contribution < 1.29 is 0 Å². The highest BCUT2D eigenvalue weighted by atomic mass is 32.1. The molecule has 2 aromatic heterocycles. The molecule has 2 heterocycles. The topological polar surface area (TPSA) is 28.7 Å². The summed E-state index contributed by atoms with van der Waals surface area (Å²) in [5.74, 6) is 0.812. The van der Waals surface area contributed by atoms with Gasteiger partial charge in [-0.25, -0.2) is 4.98 Å². The van der Waals surface area contributed by atoms with Crippen LogP contribution in [0, 0.1) is 11.6 Å². The van der Waals surface area contributed by atoms with E-state index >= 15 is 0 Å². The molecule has 2 nitrogen and oxygen atoms in total. The van der Waals surface area contributed by atoms with E-state index in [-0.39, 0.29) is 0 Å². The van der Waals surface area contributed by atoms with Crippen LogP contribution in [0.2, 0.25) is 0 Å². The van der Waals surface area contributed by atoms with Crippen molar-refractivity contribution in [2.75, 3.05) is 0 Å². The molecular weight excluding hydrogens is 272 g/mol. The van der Waals surface area contributed by atoms with Gasteiger partial charge < -0.3 is 4.98 Å². The summed E-state index contributed by atoms with van der Waals surface area (Å²) in [6.07, 6.45) is 0. The summed E-state index contributed by atoms with van der Waals surface area (Å²) in [5, 5.41) is 2.13. The lowest BCUT2D eigenvalue weighted by molar-refractivity contribution is 1.16. The molecule has 94 valence electrons. The summed E-state index contributed by atoms with van der Waals surface area (Å²) in [6.45, 7) is 2.10. The molecule has 0 aliphatic heterocycles. The molecule has 0 amide bonds.